The highest BCUT2D eigenvalue weighted by Crippen LogP contribution is 2.26. The highest BCUT2D eigenvalue weighted by Gasteiger charge is 2.24. The Balaban J connectivity index is 1.36. The molecule has 0 spiro atoms. The first kappa shape index (κ1) is 19.0. The number of nitrogens with one attached hydrogen (secondary N) is 2. The Bertz CT molecular complexity index is 810. The summed E-state index contributed by atoms with van der Waals surface area (Å²) >= 11 is 0. The van der Waals surface area contributed by atoms with Gasteiger partial charge in [-0.15, -0.1) is 0 Å². The minimum Gasteiger partial charge on any atom is -0.357 e. The Morgan fingerprint density at radius 2 is 1.93 bits per heavy atom. The highest BCUT2D eigenvalue weighted by molar-refractivity contribution is 5.80. The minimum absolute atomic E-state index is 0.404. The van der Waals surface area contributed by atoms with Crippen molar-refractivity contribution in [2.45, 2.75) is 65.0 Å². The number of fused-ring (bicyclic) bond motifs is 2. The first-order chi connectivity index (χ1) is 13.6. The molecule has 150 valence electrons. The molecule has 4 rings (SSSR count). The molecule has 28 heavy (non-hydrogen) atoms. The number of aryl methyl sites for hydroxylation is 1. The molecule has 0 bridgehead atoms. The molecule has 0 fully saturated rings. The molecule has 1 atom stereocenters. The van der Waals surface area contributed by atoms with E-state index in [1.807, 2.05) is 0 Å². The Morgan fingerprint density at radius 3 is 2.61 bits per heavy atom. The summed E-state index contributed by atoms with van der Waals surface area (Å²) in [7, 11) is 0. The molecule has 1 aromatic carbocycles. The first-order valence-electron chi connectivity index (χ1n) is 10.8. The van der Waals surface area contributed by atoms with Crippen LogP contribution in [0.5, 0.6) is 0 Å². The smallest absolute Gasteiger partial charge is 0.191 e. The summed E-state index contributed by atoms with van der Waals surface area (Å²) in [5, 5.41) is 11.9. The fourth-order valence-electron chi connectivity index (χ4n) is 4.41. The number of aliphatic imine (C=N–C) groups is 1. The van der Waals surface area contributed by atoms with E-state index in [1.165, 1.54) is 22.4 Å². The number of benzene rings is 1. The quantitative estimate of drug-likeness (QED) is 0.619. The summed E-state index contributed by atoms with van der Waals surface area (Å²) in [6.45, 7) is 8.27. The topological polar surface area (TPSA) is 54.2 Å². The van der Waals surface area contributed by atoms with Gasteiger partial charge in [0.15, 0.2) is 5.96 Å². The average molecular weight is 380 g/mol. The second-order valence-electron chi connectivity index (χ2n) is 8.52. The zero-order chi connectivity index (χ0) is 19.5. The lowest BCUT2D eigenvalue weighted by Crippen LogP contribution is -2.46. The summed E-state index contributed by atoms with van der Waals surface area (Å²) in [4.78, 5) is 4.93. The second kappa shape index (κ2) is 8.38. The van der Waals surface area contributed by atoms with Crippen molar-refractivity contribution in [2.24, 2.45) is 10.9 Å². The molecule has 2 aromatic rings. The standard InChI is InChI=1S/C23H33N5/c1-4-24-23(25-14-17-11-18-7-5-6-8-19(18)12-17)26-21-10-9-20-15-28(16(2)3)27-22(20)13-21/h5-8,15-17,21H,4,9-14H2,1-3H3,(H2,24,25,26). The maximum Gasteiger partial charge on any atom is 0.191 e. The second-order valence-corrected chi connectivity index (χ2v) is 8.52. The van der Waals surface area contributed by atoms with Crippen molar-refractivity contribution in [1.82, 2.24) is 20.4 Å². The molecule has 5 nitrogen and oxygen atoms in total. The zero-order valence-corrected chi connectivity index (χ0v) is 17.4. The van der Waals surface area contributed by atoms with Gasteiger partial charge in [0, 0.05) is 37.8 Å². The predicted octanol–water partition coefficient (Wildman–Crippen LogP) is 3.29. The average Bonchev–Trinajstić information content (AvgIpc) is 3.29. The highest BCUT2D eigenvalue weighted by atomic mass is 15.3. The summed E-state index contributed by atoms with van der Waals surface area (Å²) in [6.07, 6.45) is 7.74. The molecule has 0 saturated heterocycles. The van der Waals surface area contributed by atoms with Crippen molar-refractivity contribution in [3.8, 4) is 0 Å². The molecule has 1 heterocycles. The van der Waals surface area contributed by atoms with Gasteiger partial charge in [0.25, 0.3) is 0 Å². The lowest BCUT2D eigenvalue weighted by atomic mass is 9.94. The number of aromatic nitrogens is 2. The Kier molecular flexibility index (Phi) is 5.69. The van der Waals surface area contributed by atoms with Crippen LogP contribution in [0.25, 0.3) is 0 Å². The van der Waals surface area contributed by atoms with Crippen molar-refractivity contribution >= 4 is 5.96 Å². The van der Waals surface area contributed by atoms with Crippen LogP contribution in [0.1, 0.15) is 55.6 Å². The van der Waals surface area contributed by atoms with Gasteiger partial charge < -0.3 is 10.6 Å². The van der Waals surface area contributed by atoms with E-state index in [4.69, 9.17) is 10.1 Å². The molecule has 2 aliphatic carbocycles. The molecular weight excluding hydrogens is 346 g/mol. The number of nitrogens with zero attached hydrogens (tertiary/aromatic N) is 3. The Labute approximate surface area is 168 Å². The van der Waals surface area contributed by atoms with E-state index in [1.54, 1.807) is 0 Å². The molecule has 1 unspecified atom stereocenters. The van der Waals surface area contributed by atoms with E-state index in [0.717, 1.165) is 51.2 Å². The largest absolute Gasteiger partial charge is 0.357 e. The summed E-state index contributed by atoms with van der Waals surface area (Å²) < 4.78 is 2.10. The van der Waals surface area contributed by atoms with Crippen LogP contribution >= 0.6 is 0 Å². The number of hydrogen-bond donors (Lipinski definition) is 2. The molecule has 0 radical (unpaired) electrons. The van der Waals surface area contributed by atoms with E-state index in [-0.39, 0.29) is 0 Å². The summed E-state index contributed by atoms with van der Waals surface area (Å²) in [5.41, 5.74) is 5.67. The molecule has 0 aliphatic heterocycles. The van der Waals surface area contributed by atoms with Crippen molar-refractivity contribution in [1.29, 1.82) is 0 Å². The van der Waals surface area contributed by atoms with E-state index in [0.29, 0.717) is 18.0 Å². The first-order valence-corrected chi connectivity index (χ1v) is 10.8. The fraction of sp³-hybridized carbons (Fsp3) is 0.565. The summed E-state index contributed by atoms with van der Waals surface area (Å²) in [5.74, 6) is 1.57. The van der Waals surface area contributed by atoms with Crippen molar-refractivity contribution in [2.75, 3.05) is 13.1 Å². The lowest BCUT2D eigenvalue weighted by molar-refractivity contribution is 0.497. The van der Waals surface area contributed by atoms with Gasteiger partial charge in [-0.05, 0) is 69.1 Å². The maximum atomic E-state index is 4.93. The molecule has 0 amide bonds. The molecule has 2 N–H and O–H groups in total. The van der Waals surface area contributed by atoms with Gasteiger partial charge in [-0.1, -0.05) is 24.3 Å². The molecule has 0 saturated carbocycles. The monoisotopic (exact) mass is 379 g/mol. The van der Waals surface area contributed by atoms with E-state index >= 15 is 0 Å². The van der Waals surface area contributed by atoms with Gasteiger partial charge in [0.2, 0.25) is 0 Å². The fourth-order valence-corrected chi connectivity index (χ4v) is 4.41. The predicted molar refractivity (Wildman–Crippen MR) is 115 cm³/mol. The van der Waals surface area contributed by atoms with Crippen LogP contribution in [0, 0.1) is 5.92 Å². The third-order valence-corrected chi connectivity index (χ3v) is 5.95. The molecular formula is C23H33N5. The van der Waals surface area contributed by atoms with E-state index in [9.17, 15) is 0 Å². The Hall–Kier alpha value is -2.30. The normalized spacial score (nSPS) is 19.6. The minimum atomic E-state index is 0.404. The molecule has 2 aliphatic rings. The van der Waals surface area contributed by atoms with Crippen molar-refractivity contribution in [3.05, 3.63) is 52.8 Å². The molecule has 1 aromatic heterocycles. The van der Waals surface area contributed by atoms with Crippen molar-refractivity contribution < 1.29 is 0 Å². The van der Waals surface area contributed by atoms with Gasteiger partial charge in [-0.25, -0.2) is 0 Å². The maximum absolute atomic E-state index is 4.93. The van der Waals surface area contributed by atoms with Crippen LogP contribution in [0.2, 0.25) is 0 Å². The lowest BCUT2D eigenvalue weighted by Gasteiger charge is -2.24. The van der Waals surface area contributed by atoms with Gasteiger partial charge in [0.1, 0.15) is 0 Å². The van der Waals surface area contributed by atoms with Crippen LogP contribution in [-0.2, 0) is 25.7 Å². The third kappa shape index (κ3) is 4.23. The van der Waals surface area contributed by atoms with Crippen LogP contribution in [-0.4, -0.2) is 34.9 Å². The zero-order valence-electron chi connectivity index (χ0n) is 17.4. The number of guanidine groups is 1. The van der Waals surface area contributed by atoms with Gasteiger partial charge in [-0.2, -0.15) is 5.10 Å². The van der Waals surface area contributed by atoms with Crippen LogP contribution < -0.4 is 10.6 Å². The van der Waals surface area contributed by atoms with Crippen LogP contribution in [0.3, 0.4) is 0 Å². The van der Waals surface area contributed by atoms with Gasteiger partial charge in [0.05, 0.1) is 5.69 Å². The Morgan fingerprint density at radius 1 is 1.18 bits per heavy atom. The van der Waals surface area contributed by atoms with E-state index < -0.39 is 0 Å². The number of rotatable bonds is 5. The van der Waals surface area contributed by atoms with E-state index in [2.05, 4.69) is 66.5 Å². The summed E-state index contributed by atoms with van der Waals surface area (Å²) in [6, 6.07) is 9.65. The number of hydrogen-bond acceptors (Lipinski definition) is 2. The van der Waals surface area contributed by atoms with Crippen molar-refractivity contribution in [3.63, 3.8) is 0 Å². The molecule has 5 heteroatoms. The third-order valence-electron chi connectivity index (χ3n) is 5.95. The SMILES string of the molecule is CCNC(=NCC1Cc2ccccc2C1)NC1CCc2cn(C(C)C)nc2C1. The van der Waals surface area contributed by atoms with Crippen LogP contribution in [0.15, 0.2) is 35.5 Å². The van der Waals surface area contributed by atoms with Gasteiger partial charge >= 0.3 is 0 Å². The van der Waals surface area contributed by atoms with Gasteiger partial charge in [-0.3, -0.25) is 9.67 Å². The van der Waals surface area contributed by atoms with Crippen LogP contribution in [0.4, 0.5) is 0 Å².